The fraction of sp³-hybridized carbons (Fsp3) is 0.600. The van der Waals surface area contributed by atoms with E-state index in [1.54, 1.807) is 0 Å². The van der Waals surface area contributed by atoms with Gasteiger partial charge in [0.1, 0.15) is 0 Å². The van der Waals surface area contributed by atoms with E-state index < -0.39 is 0 Å². The molecule has 2 rings (SSSR count). The van der Waals surface area contributed by atoms with Crippen molar-refractivity contribution in [3.8, 4) is 0 Å². The Balaban J connectivity index is 2.00. The zero-order valence-electron chi connectivity index (χ0n) is 6.46. The van der Waals surface area contributed by atoms with Gasteiger partial charge in [0.15, 0.2) is 0 Å². The summed E-state index contributed by atoms with van der Waals surface area (Å²) in [5, 5.41) is 0. The smallest absolute Gasteiger partial charge is 0.00507 e. The van der Waals surface area contributed by atoms with Gasteiger partial charge in [-0.1, -0.05) is 24.3 Å². The standard InChI is InChI=1S/C10H14/c1-2-3-8-4-5-9-7-10(9)6-8/h2-5,8-10H,6-7H2,1H3/b3-2+/t8?,9-,10?/m1/s1. The SMILES string of the molecule is C/C=C/C1C=C[C@@H]2CC2C1. The van der Waals surface area contributed by atoms with Crippen molar-refractivity contribution in [1.82, 2.24) is 0 Å². The van der Waals surface area contributed by atoms with E-state index in [0.717, 1.165) is 17.8 Å². The van der Waals surface area contributed by atoms with Crippen molar-refractivity contribution in [2.45, 2.75) is 19.8 Å². The highest BCUT2D eigenvalue weighted by atomic mass is 14.4. The summed E-state index contributed by atoms with van der Waals surface area (Å²) in [4.78, 5) is 0. The van der Waals surface area contributed by atoms with Crippen LogP contribution in [0, 0.1) is 17.8 Å². The van der Waals surface area contributed by atoms with Gasteiger partial charge < -0.3 is 0 Å². The van der Waals surface area contributed by atoms with Crippen LogP contribution in [0.25, 0.3) is 0 Å². The third kappa shape index (κ3) is 1.03. The fourth-order valence-electron chi connectivity index (χ4n) is 1.88. The Bertz CT molecular complexity index is 176. The van der Waals surface area contributed by atoms with Crippen molar-refractivity contribution in [3.63, 3.8) is 0 Å². The van der Waals surface area contributed by atoms with Gasteiger partial charge in [-0.25, -0.2) is 0 Å². The summed E-state index contributed by atoms with van der Waals surface area (Å²) < 4.78 is 0. The van der Waals surface area contributed by atoms with Gasteiger partial charge in [-0.2, -0.15) is 0 Å². The lowest BCUT2D eigenvalue weighted by Gasteiger charge is -2.10. The van der Waals surface area contributed by atoms with Crippen molar-refractivity contribution in [2.24, 2.45) is 17.8 Å². The molecular formula is C10H14. The summed E-state index contributed by atoms with van der Waals surface area (Å²) in [7, 11) is 0. The molecule has 0 heterocycles. The molecule has 1 fully saturated rings. The van der Waals surface area contributed by atoms with E-state index in [4.69, 9.17) is 0 Å². The molecule has 0 heteroatoms. The Morgan fingerprint density at radius 3 is 2.90 bits per heavy atom. The molecular weight excluding hydrogens is 120 g/mol. The maximum absolute atomic E-state index is 2.40. The molecule has 0 spiro atoms. The van der Waals surface area contributed by atoms with Gasteiger partial charge in [0.05, 0.1) is 0 Å². The Kier molecular flexibility index (Phi) is 1.40. The van der Waals surface area contributed by atoms with E-state index in [1.165, 1.54) is 12.8 Å². The zero-order valence-corrected chi connectivity index (χ0v) is 6.46. The van der Waals surface area contributed by atoms with Gasteiger partial charge in [0, 0.05) is 0 Å². The van der Waals surface area contributed by atoms with E-state index in [2.05, 4.69) is 31.2 Å². The molecule has 2 aliphatic carbocycles. The molecule has 2 unspecified atom stereocenters. The van der Waals surface area contributed by atoms with Gasteiger partial charge in [-0.3, -0.25) is 0 Å². The first kappa shape index (κ1) is 6.21. The Morgan fingerprint density at radius 1 is 1.30 bits per heavy atom. The Hall–Kier alpha value is -0.520. The highest BCUT2D eigenvalue weighted by Gasteiger charge is 2.37. The predicted molar refractivity (Wildman–Crippen MR) is 43.7 cm³/mol. The molecule has 2 aliphatic rings. The van der Waals surface area contributed by atoms with E-state index in [1.807, 2.05) is 0 Å². The van der Waals surface area contributed by atoms with Crippen molar-refractivity contribution in [2.75, 3.05) is 0 Å². The van der Waals surface area contributed by atoms with E-state index in [9.17, 15) is 0 Å². The van der Waals surface area contributed by atoms with Crippen LogP contribution in [-0.4, -0.2) is 0 Å². The fourth-order valence-corrected chi connectivity index (χ4v) is 1.88. The quantitative estimate of drug-likeness (QED) is 0.484. The van der Waals surface area contributed by atoms with Gasteiger partial charge in [-0.05, 0) is 37.5 Å². The first-order valence-corrected chi connectivity index (χ1v) is 4.21. The number of rotatable bonds is 1. The van der Waals surface area contributed by atoms with Crippen LogP contribution in [-0.2, 0) is 0 Å². The molecule has 3 atom stereocenters. The summed E-state index contributed by atoms with van der Waals surface area (Å²) >= 11 is 0. The second-order valence-electron chi connectivity index (χ2n) is 3.47. The molecule has 0 nitrogen and oxygen atoms in total. The molecule has 0 amide bonds. The molecule has 0 aromatic carbocycles. The van der Waals surface area contributed by atoms with Gasteiger partial charge in [0.25, 0.3) is 0 Å². The van der Waals surface area contributed by atoms with E-state index >= 15 is 0 Å². The van der Waals surface area contributed by atoms with Gasteiger partial charge >= 0.3 is 0 Å². The largest absolute Gasteiger partial charge is 0.0911 e. The average Bonchev–Trinajstić information content (AvgIpc) is 2.66. The molecule has 0 aliphatic heterocycles. The van der Waals surface area contributed by atoms with Crippen LogP contribution in [0.1, 0.15) is 19.8 Å². The lowest BCUT2D eigenvalue weighted by Crippen LogP contribution is -1.98. The van der Waals surface area contributed by atoms with Crippen LogP contribution in [0.15, 0.2) is 24.3 Å². The minimum atomic E-state index is 0.758. The second-order valence-corrected chi connectivity index (χ2v) is 3.47. The molecule has 0 aromatic heterocycles. The normalized spacial score (nSPS) is 43.9. The number of allylic oxidation sites excluding steroid dienone is 4. The van der Waals surface area contributed by atoms with Crippen LogP contribution >= 0.6 is 0 Å². The van der Waals surface area contributed by atoms with Crippen LogP contribution in [0.4, 0.5) is 0 Å². The first-order valence-electron chi connectivity index (χ1n) is 4.21. The number of hydrogen-bond acceptors (Lipinski definition) is 0. The van der Waals surface area contributed by atoms with E-state index in [0.29, 0.717) is 0 Å². The second kappa shape index (κ2) is 2.26. The van der Waals surface area contributed by atoms with Gasteiger partial charge in [0.2, 0.25) is 0 Å². The number of hydrogen-bond donors (Lipinski definition) is 0. The molecule has 0 aromatic rings. The molecule has 54 valence electrons. The molecule has 10 heavy (non-hydrogen) atoms. The molecule has 0 saturated heterocycles. The van der Waals surface area contributed by atoms with Crippen LogP contribution in [0.5, 0.6) is 0 Å². The highest BCUT2D eigenvalue weighted by molar-refractivity contribution is 5.13. The third-order valence-corrected chi connectivity index (χ3v) is 2.60. The lowest BCUT2D eigenvalue weighted by molar-refractivity contribution is 0.593. The minimum absolute atomic E-state index is 0.758. The Labute approximate surface area is 62.6 Å². The van der Waals surface area contributed by atoms with Gasteiger partial charge in [-0.15, -0.1) is 0 Å². The topological polar surface area (TPSA) is 0 Å². The third-order valence-electron chi connectivity index (χ3n) is 2.60. The van der Waals surface area contributed by atoms with Crippen LogP contribution in [0.2, 0.25) is 0 Å². The maximum atomic E-state index is 2.40. The van der Waals surface area contributed by atoms with Crippen molar-refractivity contribution < 1.29 is 0 Å². The van der Waals surface area contributed by atoms with Crippen LogP contribution < -0.4 is 0 Å². The molecule has 0 bridgehead atoms. The predicted octanol–water partition coefficient (Wildman–Crippen LogP) is 2.77. The maximum Gasteiger partial charge on any atom is -0.00507 e. The van der Waals surface area contributed by atoms with Crippen molar-refractivity contribution >= 4 is 0 Å². The Morgan fingerprint density at radius 2 is 2.20 bits per heavy atom. The van der Waals surface area contributed by atoms with Crippen molar-refractivity contribution in [3.05, 3.63) is 24.3 Å². The van der Waals surface area contributed by atoms with Crippen LogP contribution in [0.3, 0.4) is 0 Å². The summed E-state index contributed by atoms with van der Waals surface area (Å²) in [6.07, 6.45) is 12.1. The molecule has 1 saturated carbocycles. The highest BCUT2D eigenvalue weighted by Crippen LogP contribution is 2.47. The monoisotopic (exact) mass is 134 g/mol. The summed E-state index contributed by atoms with van der Waals surface area (Å²) in [5.41, 5.74) is 0. The summed E-state index contributed by atoms with van der Waals surface area (Å²) in [6.45, 7) is 2.10. The average molecular weight is 134 g/mol. The summed E-state index contributed by atoms with van der Waals surface area (Å²) in [5.74, 6) is 2.78. The zero-order chi connectivity index (χ0) is 6.97. The van der Waals surface area contributed by atoms with E-state index in [-0.39, 0.29) is 0 Å². The molecule has 0 radical (unpaired) electrons. The summed E-state index contributed by atoms with van der Waals surface area (Å²) in [6, 6.07) is 0. The number of fused-ring (bicyclic) bond motifs is 1. The minimum Gasteiger partial charge on any atom is -0.0911 e. The lowest BCUT2D eigenvalue weighted by atomic mass is 9.96. The first-order chi connectivity index (χ1) is 4.90. The van der Waals surface area contributed by atoms with Crippen molar-refractivity contribution in [1.29, 1.82) is 0 Å². The molecule has 0 N–H and O–H groups in total.